The summed E-state index contributed by atoms with van der Waals surface area (Å²) in [4.78, 5) is 11.9. The number of urea groups is 1. The van der Waals surface area contributed by atoms with Crippen LogP contribution in [0.4, 0.5) is 16.2 Å². The molecule has 3 aromatic rings. The summed E-state index contributed by atoms with van der Waals surface area (Å²) in [5.41, 5.74) is 0.377. The van der Waals surface area contributed by atoms with E-state index in [4.69, 9.17) is 51.1 Å². The molecule has 0 saturated heterocycles. The maximum Gasteiger partial charge on any atom is 0.323 e. The standard InChI is InChI=1S/C19H12Cl4N2O5S/c20-10-4-6-15(30-16-7-5-11(21)9-17(16)31(27,28)29)14(8-10)25-19(26)24-13-3-1-2-12(22)18(13)23/h1-9H,(H2,24,25,26)(H,27,28,29). The zero-order valence-corrected chi connectivity index (χ0v) is 19.0. The highest BCUT2D eigenvalue weighted by molar-refractivity contribution is 7.86. The molecule has 162 valence electrons. The molecule has 12 heteroatoms. The van der Waals surface area contributed by atoms with Crippen LogP contribution >= 0.6 is 46.4 Å². The molecule has 0 unspecified atom stereocenters. The molecule has 3 aromatic carbocycles. The lowest BCUT2D eigenvalue weighted by Gasteiger charge is -2.15. The molecule has 0 aliphatic carbocycles. The molecule has 0 aromatic heterocycles. The zero-order chi connectivity index (χ0) is 22.8. The summed E-state index contributed by atoms with van der Waals surface area (Å²) in [5.74, 6) is -0.167. The van der Waals surface area contributed by atoms with Gasteiger partial charge in [0.2, 0.25) is 0 Å². The first-order valence-electron chi connectivity index (χ1n) is 8.31. The molecular formula is C19H12Cl4N2O5S. The minimum atomic E-state index is -4.63. The molecule has 0 spiro atoms. The fraction of sp³-hybridized carbons (Fsp3) is 0. The molecule has 0 aliphatic rings. The first kappa shape index (κ1) is 23.5. The van der Waals surface area contributed by atoms with Crippen molar-refractivity contribution < 1.29 is 22.5 Å². The molecule has 3 N–H and O–H groups in total. The Labute approximate surface area is 197 Å². The van der Waals surface area contributed by atoms with Gasteiger partial charge in [0.1, 0.15) is 10.6 Å². The zero-order valence-electron chi connectivity index (χ0n) is 15.2. The lowest BCUT2D eigenvalue weighted by Crippen LogP contribution is -2.20. The Morgan fingerprint density at radius 3 is 2.13 bits per heavy atom. The van der Waals surface area contributed by atoms with Gasteiger partial charge in [0, 0.05) is 10.0 Å². The number of anilines is 2. The quantitative estimate of drug-likeness (QED) is 0.314. The maximum absolute atomic E-state index is 12.5. The molecule has 0 heterocycles. The van der Waals surface area contributed by atoms with E-state index in [1.165, 1.54) is 30.3 Å². The third kappa shape index (κ3) is 5.94. The Balaban J connectivity index is 1.90. The van der Waals surface area contributed by atoms with E-state index >= 15 is 0 Å². The summed E-state index contributed by atoms with van der Waals surface area (Å²) < 4.78 is 38.4. The van der Waals surface area contributed by atoms with Gasteiger partial charge in [-0.15, -0.1) is 0 Å². The first-order chi connectivity index (χ1) is 14.5. The summed E-state index contributed by atoms with van der Waals surface area (Å²) in [6.45, 7) is 0. The van der Waals surface area contributed by atoms with Gasteiger partial charge in [-0.2, -0.15) is 8.42 Å². The van der Waals surface area contributed by atoms with Crippen LogP contribution in [0.3, 0.4) is 0 Å². The van der Waals surface area contributed by atoms with Crippen LogP contribution in [0.15, 0.2) is 59.5 Å². The van der Waals surface area contributed by atoms with Crippen LogP contribution in [0.5, 0.6) is 11.5 Å². The van der Waals surface area contributed by atoms with Crippen LogP contribution in [0.2, 0.25) is 20.1 Å². The van der Waals surface area contributed by atoms with Gasteiger partial charge in [-0.1, -0.05) is 52.5 Å². The summed E-state index contributed by atoms with van der Waals surface area (Å²) in [6.07, 6.45) is 0. The summed E-state index contributed by atoms with van der Waals surface area (Å²) >= 11 is 23.8. The largest absolute Gasteiger partial charge is 0.454 e. The number of carbonyl (C=O) groups excluding carboxylic acids is 1. The number of carbonyl (C=O) groups is 1. The van der Waals surface area contributed by atoms with Crippen molar-refractivity contribution in [2.24, 2.45) is 0 Å². The number of amides is 2. The number of nitrogens with one attached hydrogen (secondary N) is 2. The molecule has 0 atom stereocenters. The minimum absolute atomic E-state index is 0.0453. The fourth-order valence-electron chi connectivity index (χ4n) is 2.45. The van der Waals surface area contributed by atoms with E-state index in [0.29, 0.717) is 0 Å². The van der Waals surface area contributed by atoms with Gasteiger partial charge in [0.25, 0.3) is 10.1 Å². The molecule has 3 rings (SSSR count). The third-order valence-electron chi connectivity index (χ3n) is 3.79. The predicted molar refractivity (Wildman–Crippen MR) is 122 cm³/mol. The van der Waals surface area contributed by atoms with E-state index in [2.05, 4.69) is 10.6 Å². The number of rotatable bonds is 5. The van der Waals surface area contributed by atoms with Crippen LogP contribution in [-0.4, -0.2) is 19.0 Å². The average Bonchev–Trinajstić information content (AvgIpc) is 2.68. The van der Waals surface area contributed by atoms with Gasteiger partial charge < -0.3 is 15.4 Å². The van der Waals surface area contributed by atoms with E-state index in [1.54, 1.807) is 18.2 Å². The number of hydrogen-bond acceptors (Lipinski definition) is 4. The van der Waals surface area contributed by atoms with Crippen LogP contribution < -0.4 is 15.4 Å². The van der Waals surface area contributed by atoms with Crippen molar-refractivity contribution in [2.75, 3.05) is 10.6 Å². The van der Waals surface area contributed by atoms with Crippen LogP contribution in [0.1, 0.15) is 0 Å². The predicted octanol–water partition coefficient (Wildman–Crippen LogP) is 6.98. The smallest absolute Gasteiger partial charge is 0.323 e. The van der Waals surface area contributed by atoms with Gasteiger partial charge in [-0.25, -0.2) is 4.79 Å². The molecule has 7 nitrogen and oxygen atoms in total. The molecule has 31 heavy (non-hydrogen) atoms. The highest BCUT2D eigenvalue weighted by Crippen LogP contribution is 2.36. The summed E-state index contributed by atoms with van der Waals surface area (Å²) in [5, 5.41) is 5.83. The van der Waals surface area contributed by atoms with Crippen LogP contribution in [-0.2, 0) is 10.1 Å². The van der Waals surface area contributed by atoms with Crippen molar-refractivity contribution in [1.29, 1.82) is 0 Å². The van der Waals surface area contributed by atoms with Crippen LogP contribution in [0, 0.1) is 0 Å². The van der Waals surface area contributed by atoms with Gasteiger partial charge in [-0.05, 0) is 48.5 Å². The normalized spacial score (nSPS) is 11.1. The number of halogens is 4. The van der Waals surface area contributed by atoms with Gasteiger partial charge >= 0.3 is 6.03 Å². The lowest BCUT2D eigenvalue weighted by molar-refractivity contribution is 0.262. The molecule has 0 radical (unpaired) electrons. The number of hydrogen-bond donors (Lipinski definition) is 3. The summed E-state index contributed by atoms with van der Waals surface area (Å²) in [7, 11) is -4.63. The molecule has 2 amide bonds. The third-order valence-corrected chi connectivity index (χ3v) is 5.96. The molecule has 0 saturated carbocycles. The van der Waals surface area contributed by atoms with Gasteiger partial charge in [0.05, 0.1) is 21.4 Å². The highest BCUT2D eigenvalue weighted by Gasteiger charge is 2.20. The minimum Gasteiger partial charge on any atom is -0.454 e. The average molecular weight is 522 g/mol. The van der Waals surface area contributed by atoms with Crippen LogP contribution in [0.25, 0.3) is 0 Å². The second kappa shape index (κ2) is 9.52. The molecular weight excluding hydrogens is 510 g/mol. The van der Waals surface area contributed by atoms with E-state index in [1.807, 2.05) is 0 Å². The monoisotopic (exact) mass is 520 g/mol. The first-order valence-corrected chi connectivity index (χ1v) is 11.3. The fourth-order valence-corrected chi connectivity index (χ4v) is 3.85. The topological polar surface area (TPSA) is 105 Å². The summed E-state index contributed by atoms with van der Waals surface area (Å²) in [6, 6.07) is 12.0. The van der Waals surface area contributed by atoms with E-state index in [0.717, 1.165) is 6.07 Å². The van der Waals surface area contributed by atoms with E-state index < -0.39 is 21.0 Å². The second-order valence-electron chi connectivity index (χ2n) is 5.99. The Kier molecular flexibility index (Phi) is 7.20. The van der Waals surface area contributed by atoms with E-state index in [-0.39, 0.29) is 43.0 Å². The molecule has 0 fully saturated rings. The van der Waals surface area contributed by atoms with Crippen molar-refractivity contribution in [3.05, 3.63) is 74.7 Å². The van der Waals surface area contributed by atoms with Crippen molar-refractivity contribution >= 4 is 73.9 Å². The number of benzene rings is 3. The molecule has 0 bridgehead atoms. The van der Waals surface area contributed by atoms with Crippen molar-refractivity contribution in [3.63, 3.8) is 0 Å². The van der Waals surface area contributed by atoms with Gasteiger partial charge in [0.15, 0.2) is 5.75 Å². The van der Waals surface area contributed by atoms with Crippen molar-refractivity contribution in [3.8, 4) is 11.5 Å². The SMILES string of the molecule is O=C(Nc1cc(Cl)ccc1Oc1ccc(Cl)cc1S(=O)(=O)O)Nc1cccc(Cl)c1Cl. The molecule has 0 aliphatic heterocycles. The highest BCUT2D eigenvalue weighted by atomic mass is 35.5. The van der Waals surface area contributed by atoms with E-state index in [9.17, 15) is 17.8 Å². The van der Waals surface area contributed by atoms with Crippen molar-refractivity contribution in [2.45, 2.75) is 4.90 Å². The second-order valence-corrected chi connectivity index (χ2v) is 9.04. The van der Waals surface area contributed by atoms with Gasteiger partial charge in [-0.3, -0.25) is 4.55 Å². The number of ether oxygens (including phenoxy) is 1. The Bertz CT molecular complexity index is 1270. The maximum atomic E-state index is 12.5. The Hall–Kier alpha value is -2.20. The Morgan fingerprint density at radius 2 is 1.45 bits per heavy atom. The lowest BCUT2D eigenvalue weighted by atomic mass is 10.2. The van der Waals surface area contributed by atoms with Crippen molar-refractivity contribution in [1.82, 2.24) is 0 Å². The Morgan fingerprint density at radius 1 is 0.839 bits per heavy atom.